The highest BCUT2D eigenvalue weighted by Gasteiger charge is 2.10. The average Bonchev–Trinajstić information content (AvgIpc) is 2.96. The van der Waals surface area contributed by atoms with Crippen LogP contribution in [-0.4, -0.2) is 22.0 Å². The van der Waals surface area contributed by atoms with Gasteiger partial charge in [0.2, 0.25) is 0 Å². The molecule has 0 saturated carbocycles. The normalized spacial score (nSPS) is 10.4. The van der Waals surface area contributed by atoms with Crippen LogP contribution in [0, 0.1) is 5.82 Å². The largest absolute Gasteiger partial charge is 0.497 e. The molecule has 0 aliphatic heterocycles. The molecule has 2 N–H and O–H groups in total. The minimum absolute atomic E-state index is 0.259. The Morgan fingerprint density at radius 3 is 2.62 bits per heavy atom. The molecule has 0 spiro atoms. The summed E-state index contributed by atoms with van der Waals surface area (Å²) in [6.07, 6.45) is 1.77. The number of hydrogen-bond acceptors (Lipinski definition) is 3. The van der Waals surface area contributed by atoms with Gasteiger partial charge in [-0.2, -0.15) is 5.10 Å². The number of thiocarbonyl (C=S) groups is 1. The Kier molecular flexibility index (Phi) is 5.85. The molecule has 0 radical (unpaired) electrons. The molecule has 0 bridgehead atoms. The van der Waals surface area contributed by atoms with E-state index in [9.17, 15) is 4.39 Å². The summed E-state index contributed by atoms with van der Waals surface area (Å²) in [4.78, 5) is 0. The SMILES string of the molecule is COc1ccc(NC(=S)Nc2nn(Cc3ccccc3F)cc2Br)cc1. The molecule has 5 nitrogen and oxygen atoms in total. The summed E-state index contributed by atoms with van der Waals surface area (Å²) >= 11 is 8.75. The molecular formula is C18H16BrFN4OS. The summed E-state index contributed by atoms with van der Waals surface area (Å²) in [5.41, 5.74) is 1.39. The highest BCUT2D eigenvalue weighted by Crippen LogP contribution is 2.22. The second kappa shape index (κ2) is 8.29. The summed E-state index contributed by atoms with van der Waals surface area (Å²) in [7, 11) is 1.61. The second-order valence-corrected chi connectivity index (χ2v) is 6.68. The average molecular weight is 435 g/mol. The molecule has 134 valence electrons. The predicted molar refractivity (Wildman–Crippen MR) is 108 cm³/mol. The van der Waals surface area contributed by atoms with Crippen LogP contribution in [0.25, 0.3) is 0 Å². The Morgan fingerprint density at radius 1 is 1.19 bits per heavy atom. The summed E-state index contributed by atoms with van der Waals surface area (Å²) < 4.78 is 21.3. The van der Waals surface area contributed by atoms with E-state index in [1.54, 1.807) is 36.2 Å². The van der Waals surface area contributed by atoms with E-state index in [0.717, 1.165) is 15.9 Å². The van der Waals surface area contributed by atoms with Gasteiger partial charge in [-0.3, -0.25) is 4.68 Å². The number of aromatic nitrogens is 2. The van der Waals surface area contributed by atoms with Crippen LogP contribution < -0.4 is 15.4 Å². The van der Waals surface area contributed by atoms with Crippen LogP contribution in [0.15, 0.2) is 59.2 Å². The van der Waals surface area contributed by atoms with Gasteiger partial charge in [0, 0.05) is 17.4 Å². The Balaban J connectivity index is 1.65. The quantitative estimate of drug-likeness (QED) is 0.572. The first kappa shape index (κ1) is 18.3. The van der Waals surface area contributed by atoms with Crippen LogP contribution in [0.3, 0.4) is 0 Å². The molecule has 0 aliphatic rings. The van der Waals surface area contributed by atoms with E-state index in [-0.39, 0.29) is 5.82 Å². The molecule has 0 aliphatic carbocycles. The Labute approximate surface area is 164 Å². The number of nitrogens with zero attached hydrogens (tertiary/aromatic N) is 2. The van der Waals surface area contributed by atoms with Gasteiger partial charge >= 0.3 is 0 Å². The molecule has 0 unspecified atom stereocenters. The van der Waals surface area contributed by atoms with Crippen LogP contribution in [0.5, 0.6) is 5.75 Å². The number of methoxy groups -OCH3 is 1. The van der Waals surface area contributed by atoms with Gasteiger partial charge in [0.1, 0.15) is 11.6 Å². The predicted octanol–water partition coefficient (Wildman–Crippen LogP) is 4.65. The molecule has 0 saturated heterocycles. The third kappa shape index (κ3) is 4.59. The van der Waals surface area contributed by atoms with E-state index < -0.39 is 0 Å². The van der Waals surface area contributed by atoms with Crippen LogP contribution >= 0.6 is 28.1 Å². The summed E-state index contributed by atoms with van der Waals surface area (Å²) in [6, 6.07) is 14.0. The minimum atomic E-state index is -0.259. The van der Waals surface area contributed by atoms with Crippen LogP contribution in [0.1, 0.15) is 5.56 Å². The number of halogens is 2. The number of hydrogen-bond donors (Lipinski definition) is 2. The van der Waals surface area contributed by atoms with Crippen molar-refractivity contribution < 1.29 is 9.13 Å². The van der Waals surface area contributed by atoms with E-state index in [1.807, 2.05) is 24.3 Å². The van der Waals surface area contributed by atoms with Crippen molar-refractivity contribution in [1.29, 1.82) is 0 Å². The molecule has 3 rings (SSSR count). The smallest absolute Gasteiger partial charge is 0.176 e. The number of rotatable bonds is 5. The maximum atomic E-state index is 13.8. The zero-order valence-corrected chi connectivity index (χ0v) is 16.3. The lowest BCUT2D eigenvalue weighted by Crippen LogP contribution is -2.19. The van der Waals surface area contributed by atoms with Gasteiger partial charge in [0.25, 0.3) is 0 Å². The van der Waals surface area contributed by atoms with Crippen molar-refractivity contribution in [1.82, 2.24) is 9.78 Å². The van der Waals surface area contributed by atoms with Crippen molar-refractivity contribution in [2.75, 3.05) is 17.7 Å². The summed E-state index contributed by atoms with van der Waals surface area (Å²) in [5, 5.41) is 10.9. The monoisotopic (exact) mass is 434 g/mol. The highest BCUT2D eigenvalue weighted by atomic mass is 79.9. The standard InChI is InChI=1S/C18H16BrFN4OS/c1-25-14-8-6-13(7-9-14)21-18(26)22-17-15(19)11-24(23-17)10-12-4-2-3-5-16(12)20/h2-9,11H,10H2,1H3,(H2,21,22,23,26). The van der Waals surface area contributed by atoms with Gasteiger partial charge in [0.15, 0.2) is 10.9 Å². The van der Waals surface area contributed by atoms with Gasteiger partial charge in [-0.05, 0) is 58.5 Å². The lowest BCUT2D eigenvalue weighted by molar-refractivity contribution is 0.415. The van der Waals surface area contributed by atoms with Crippen LogP contribution in [-0.2, 0) is 6.54 Å². The topological polar surface area (TPSA) is 51.1 Å². The summed E-state index contributed by atoms with van der Waals surface area (Å²) in [6.45, 7) is 0.325. The first-order valence-electron chi connectivity index (χ1n) is 7.73. The van der Waals surface area contributed by atoms with E-state index >= 15 is 0 Å². The van der Waals surface area contributed by atoms with Crippen molar-refractivity contribution in [3.8, 4) is 5.75 Å². The molecule has 8 heteroatoms. The van der Waals surface area contributed by atoms with Gasteiger partial charge in [-0.15, -0.1) is 0 Å². The van der Waals surface area contributed by atoms with Crippen molar-refractivity contribution >= 4 is 44.8 Å². The molecule has 0 atom stereocenters. The number of anilines is 2. The van der Waals surface area contributed by atoms with Crippen LogP contribution in [0.4, 0.5) is 15.9 Å². The first-order chi connectivity index (χ1) is 12.5. The lowest BCUT2D eigenvalue weighted by Gasteiger charge is -2.09. The molecule has 26 heavy (non-hydrogen) atoms. The molecule has 0 fully saturated rings. The molecule has 0 amide bonds. The fraction of sp³-hybridized carbons (Fsp3) is 0.111. The lowest BCUT2D eigenvalue weighted by atomic mass is 10.2. The summed E-state index contributed by atoms with van der Waals surface area (Å²) in [5.74, 6) is 1.06. The fourth-order valence-electron chi connectivity index (χ4n) is 2.31. The molecule has 2 aromatic carbocycles. The number of ether oxygens (including phenoxy) is 1. The maximum absolute atomic E-state index is 13.8. The van der Waals surface area contributed by atoms with E-state index in [2.05, 4.69) is 31.7 Å². The van der Waals surface area contributed by atoms with Crippen molar-refractivity contribution in [3.63, 3.8) is 0 Å². The minimum Gasteiger partial charge on any atom is -0.497 e. The van der Waals surface area contributed by atoms with E-state index in [0.29, 0.717) is 23.0 Å². The molecule has 3 aromatic rings. The Bertz CT molecular complexity index is 914. The molecule has 1 aromatic heterocycles. The van der Waals surface area contributed by atoms with Gasteiger partial charge in [-0.25, -0.2) is 4.39 Å². The van der Waals surface area contributed by atoms with E-state index in [4.69, 9.17) is 17.0 Å². The van der Waals surface area contributed by atoms with Gasteiger partial charge < -0.3 is 15.4 Å². The van der Waals surface area contributed by atoms with E-state index in [1.165, 1.54) is 6.07 Å². The Morgan fingerprint density at radius 2 is 1.92 bits per heavy atom. The third-order valence-corrected chi connectivity index (χ3v) is 4.37. The number of benzene rings is 2. The fourth-order valence-corrected chi connectivity index (χ4v) is 2.94. The second-order valence-electron chi connectivity index (χ2n) is 5.42. The highest BCUT2D eigenvalue weighted by molar-refractivity contribution is 9.10. The van der Waals surface area contributed by atoms with Gasteiger partial charge in [0.05, 0.1) is 18.1 Å². The van der Waals surface area contributed by atoms with Crippen molar-refractivity contribution in [2.45, 2.75) is 6.54 Å². The van der Waals surface area contributed by atoms with Crippen LogP contribution in [0.2, 0.25) is 0 Å². The number of nitrogens with one attached hydrogen (secondary N) is 2. The molecule has 1 heterocycles. The van der Waals surface area contributed by atoms with Crippen molar-refractivity contribution in [2.24, 2.45) is 0 Å². The Hall–Kier alpha value is -2.45. The zero-order valence-electron chi connectivity index (χ0n) is 13.9. The third-order valence-electron chi connectivity index (χ3n) is 3.59. The zero-order chi connectivity index (χ0) is 18.5. The van der Waals surface area contributed by atoms with Gasteiger partial charge in [-0.1, -0.05) is 18.2 Å². The van der Waals surface area contributed by atoms with Crippen molar-refractivity contribution in [3.05, 3.63) is 70.6 Å². The maximum Gasteiger partial charge on any atom is 0.176 e. The first-order valence-corrected chi connectivity index (χ1v) is 8.93. The molecular weight excluding hydrogens is 419 g/mol.